The third-order valence-corrected chi connectivity index (χ3v) is 13.3. The molecule has 8 aliphatic rings. The number of nitrogens with one attached hydrogen (secondary N) is 2. The van der Waals surface area contributed by atoms with E-state index in [-0.39, 0.29) is 29.8 Å². The smallest absolute Gasteiger partial charge is 0.319 e. The fraction of sp³-hybridized carbons (Fsp3) is 0.476. The Morgan fingerprint density at radius 3 is 1.75 bits per heavy atom. The van der Waals surface area contributed by atoms with Crippen molar-refractivity contribution < 1.29 is 23.5 Å². The van der Waals surface area contributed by atoms with Crippen molar-refractivity contribution in [3.05, 3.63) is 88.0 Å². The Labute approximate surface area is 303 Å². The lowest BCUT2D eigenvalue weighted by Gasteiger charge is -2.53. The number of fused-ring (bicyclic) bond motifs is 6. The van der Waals surface area contributed by atoms with E-state index in [4.69, 9.17) is 15.2 Å². The first kappa shape index (κ1) is 33.4. The number of piperidine rings is 2. The van der Waals surface area contributed by atoms with Crippen molar-refractivity contribution in [1.29, 1.82) is 0 Å². The van der Waals surface area contributed by atoms with Gasteiger partial charge in [-0.15, -0.1) is 0 Å². The van der Waals surface area contributed by atoms with E-state index in [0.717, 1.165) is 109 Å². The number of benzene rings is 2. The SMILES string of the molecule is CCC1=CC2CN3CCc4c([nH]c5ccc(F)cc45)C(C(=O)OC)(C2)C13.CCC1=CC2CN3CCc4c([nH]c5ccc(N)cc45)C(C(=O)OC)(C2)C13. The summed E-state index contributed by atoms with van der Waals surface area (Å²) in [4.78, 5) is 38.6. The maximum atomic E-state index is 13.9. The molecule has 12 rings (SSSR count). The molecule has 10 heteroatoms. The fourth-order valence-electron chi connectivity index (χ4n) is 11.5. The van der Waals surface area contributed by atoms with Gasteiger partial charge >= 0.3 is 11.9 Å². The minimum atomic E-state index is -0.723. The maximum Gasteiger partial charge on any atom is 0.319 e. The minimum absolute atomic E-state index is 0.0316. The number of halogens is 1. The lowest BCUT2D eigenvalue weighted by molar-refractivity contribution is -0.154. The number of rotatable bonds is 4. The summed E-state index contributed by atoms with van der Waals surface area (Å²) in [6.07, 6.45) is 10.0. The number of nitrogen functional groups attached to an aromatic ring is 1. The van der Waals surface area contributed by atoms with Gasteiger partial charge in [-0.05, 0) is 97.9 Å². The van der Waals surface area contributed by atoms with E-state index in [1.54, 1.807) is 12.1 Å². The zero-order valence-electron chi connectivity index (χ0n) is 30.5. The van der Waals surface area contributed by atoms with Gasteiger partial charge < -0.3 is 25.2 Å². The van der Waals surface area contributed by atoms with E-state index >= 15 is 0 Å². The Balaban J connectivity index is 0.000000138. The van der Waals surface area contributed by atoms with Crippen LogP contribution in [0.25, 0.3) is 21.8 Å². The van der Waals surface area contributed by atoms with Gasteiger partial charge in [0.1, 0.15) is 16.6 Å². The molecule has 2 saturated heterocycles. The Morgan fingerprint density at radius 2 is 1.27 bits per heavy atom. The maximum absolute atomic E-state index is 13.9. The number of nitrogens with two attached hydrogens (primary N) is 1. The number of anilines is 1. The fourth-order valence-corrected chi connectivity index (χ4v) is 11.5. The summed E-state index contributed by atoms with van der Waals surface area (Å²) in [7, 11) is 3.00. The topological polar surface area (TPSA) is 117 Å². The summed E-state index contributed by atoms with van der Waals surface area (Å²) >= 11 is 0. The molecule has 0 radical (unpaired) electrons. The summed E-state index contributed by atoms with van der Waals surface area (Å²) < 4.78 is 24.7. The Hall–Kier alpha value is -4.41. The molecule has 2 fully saturated rings. The summed E-state index contributed by atoms with van der Waals surface area (Å²) in [5, 5.41) is 2.05. The van der Waals surface area contributed by atoms with E-state index in [0.29, 0.717) is 11.8 Å². The van der Waals surface area contributed by atoms with E-state index < -0.39 is 10.8 Å². The van der Waals surface area contributed by atoms with Crippen LogP contribution >= 0.6 is 0 Å². The number of hydrogen-bond acceptors (Lipinski definition) is 7. The Kier molecular flexibility index (Phi) is 7.76. The van der Waals surface area contributed by atoms with Gasteiger partial charge in [0.05, 0.1) is 26.3 Å². The quantitative estimate of drug-likeness (QED) is 0.134. The molecule has 0 amide bonds. The second-order valence-corrected chi connectivity index (χ2v) is 15.8. The summed E-state index contributed by atoms with van der Waals surface area (Å²) in [5.41, 5.74) is 14.4. The van der Waals surface area contributed by atoms with Crippen molar-refractivity contribution in [2.45, 2.75) is 75.3 Å². The first-order valence-corrected chi connectivity index (χ1v) is 18.9. The van der Waals surface area contributed by atoms with Crippen LogP contribution in [0.1, 0.15) is 62.0 Å². The lowest BCUT2D eigenvalue weighted by Crippen LogP contribution is -2.63. The molecular formula is C42H48FN5O4. The Bertz CT molecular complexity index is 2050. The molecule has 8 atom stereocenters. The molecular weight excluding hydrogens is 657 g/mol. The molecule has 8 bridgehead atoms. The van der Waals surface area contributed by atoms with Crippen molar-refractivity contribution in [1.82, 2.24) is 19.8 Å². The van der Waals surface area contributed by atoms with Crippen molar-refractivity contribution in [2.75, 3.05) is 46.1 Å². The highest BCUT2D eigenvalue weighted by molar-refractivity contribution is 5.94. The molecule has 2 aliphatic carbocycles. The van der Waals surface area contributed by atoms with Crippen molar-refractivity contribution in [3.63, 3.8) is 0 Å². The third-order valence-electron chi connectivity index (χ3n) is 13.3. The first-order chi connectivity index (χ1) is 25.2. The number of carbonyl (C=O) groups excluding carboxylic acids is 2. The van der Waals surface area contributed by atoms with Crippen LogP contribution in [0.15, 0.2) is 59.7 Å². The van der Waals surface area contributed by atoms with Gasteiger partial charge in [0, 0.05) is 65.1 Å². The number of aromatic amines is 2. The predicted molar refractivity (Wildman–Crippen MR) is 199 cm³/mol. The zero-order valence-corrected chi connectivity index (χ0v) is 30.5. The van der Waals surface area contributed by atoms with Gasteiger partial charge in [0.2, 0.25) is 0 Å². The van der Waals surface area contributed by atoms with Crippen LogP contribution in [-0.4, -0.2) is 84.2 Å². The average molecular weight is 706 g/mol. The molecule has 6 aliphatic heterocycles. The van der Waals surface area contributed by atoms with Crippen LogP contribution in [0.2, 0.25) is 0 Å². The number of esters is 2. The molecule has 4 aromatic rings. The zero-order chi connectivity index (χ0) is 36.1. The third kappa shape index (κ3) is 4.52. The number of hydrogen-bond donors (Lipinski definition) is 3. The number of nitrogens with zero attached hydrogens (tertiary/aromatic N) is 2. The predicted octanol–water partition coefficient (Wildman–Crippen LogP) is 6.07. The number of carbonyl (C=O) groups is 2. The molecule has 2 aromatic carbocycles. The second kappa shape index (κ2) is 12.1. The molecule has 8 heterocycles. The lowest BCUT2D eigenvalue weighted by atomic mass is 9.60. The molecule has 272 valence electrons. The van der Waals surface area contributed by atoms with Crippen LogP contribution in [0, 0.1) is 17.7 Å². The van der Waals surface area contributed by atoms with E-state index in [9.17, 15) is 14.0 Å². The van der Waals surface area contributed by atoms with Crippen LogP contribution in [-0.2, 0) is 42.7 Å². The highest BCUT2D eigenvalue weighted by atomic mass is 19.1. The van der Waals surface area contributed by atoms with Gasteiger partial charge in [0.15, 0.2) is 0 Å². The van der Waals surface area contributed by atoms with Crippen molar-refractivity contribution >= 4 is 39.4 Å². The highest BCUT2D eigenvalue weighted by Crippen LogP contribution is 2.54. The molecule has 0 spiro atoms. The van der Waals surface area contributed by atoms with E-state index in [2.05, 4.69) is 45.8 Å². The number of H-pyrrole nitrogens is 2. The highest BCUT2D eigenvalue weighted by Gasteiger charge is 2.62. The molecule has 2 aromatic heterocycles. The van der Waals surface area contributed by atoms with Gasteiger partial charge in [-0.3, -0.25) is 19.4 Å². The standard InChI is InChI=1S/C21H23FN2O2.C21H25N3O2/c2*1-3-13-8-12-10-21(20(25)26-2)18-15(6-7-24(11-12)19(13)21)16-9-14(22)4-5-17(16)23-18/h4-5,8-9,12,19,23H,3,6-7,10-11H2,1-2H3;4-5,8-9,12,19,23H,3,6-7,10-11,22H2,1-2H3. The second-order valence-electron chi connectivity index (χ2n) is 15.8. The number of ether oxygens (including phenoxy) is 2. The van der Waals surface area contributed by atoms with Crippen molar-refractivity contribution in [2.24, 2.45) is 11.8 Å². The summed E-state index contributed by atoms with van der Waals surface area (Å²) in [6, 6.07) is 10.9. The van der Waals surface area contributed by atoms with Gasteiger partial charge in [-0.1, -0.05) is 37.1 Å². The van der Waals surface area contributed by atoms with Gasteiger partial charge in [-0.25, -0.2) is 4.39 Å². The van der Waals surface area contributed by atoms with Crippen molar-refractivity contribution in [3.8, 4) is 0 Å². The minimum Gasteiger partial charge on any atom is -0.468 e. The largest absolute Gasteiger partial charge is 0.468 e. The number of methoxy groups -OCH3 is 2. The summed E-state index contributed by atoms with van der Waals surface area (Å²) in [6.45, 7) is 8.23. The van der Waals surface area contributed by atoms with Gasteiger partial charge in [0.25, 0.3) is 0 Å². The summed E-state index contributed by atoms with van der Waals surface area (Å²) in [5.74, 6) is 0.222. The normalized spacial score (nSPS) is 32.1. The average Bonchev–Trinajstić information content (AvgIpc) is 3.67. The monoisotopic (exact) mass is 705 g/mol. The van der Waals surface area contributed by atoms with Crippen LogP contribution in [0.4, 0.5) is 10.1 Å². The first-order valence-electron chi connectivity index (χ1n) is 18.9. The molecule has 0 saturated carbocycles. The van der Waals surface area contributed by atoms with E-state index in [1.807, 2.05) is 18.2 Å². The number of aromatic nitrogens is 2. The molecule has 52 heavy (non-hydrogen) atoms. The van der Waals surface area contributed by atoms with Crippen LogP contribution in [0.5, 0.6) is 0 Å². The molecule has 9 nitrogen and oxygen atoms in total. The van der Waals surface area contributed by atoms with E-state index in [1.165, 1.54) is 37.0 Å². The van der Waals surface area contributed by atoms with Gasteiger partial charge in [-0.2, -0.15) is 0 Å². The van der Waals surface area contributed by atoms with Crippen LogP contribution in [0.3, 0.4) is 0 Å². The van der Waals surface area contributed by atoms with Crippen LogP contribution < -0.4 is 5.73 Å². The molecule has 4 N–H and O–H groups in total. The Morgan fingerprint density at radius 1 is 0.788 bits per heavy atom. The molecule has 8 unspecified atom stereocenters.